The molecule has 0 bridgehead atoms. The van der Waals surface area contributed by atoms with Gasteiger partial charge >= 0.3 is 0 Å². The maximum Gasteiger partial charge on any atom is 0.223 e. The van der Waals surface area contributed by atoms with Crippen molar-refractivity contribution in [1.82, 2.24) is 10.6 Å². The lowest BCUT2D eigenvalue weighted by Gasteiger charge is -2.55. The van der Waals surface area contributed by atoms with Crippen molar-refractivity contribution in [2.45, 2.75) is 52.2 Å². The van der Waals surface area contributed by atoms with Gasteiger partial charge in [0.2, 0.25) is 5.91 Å². The van der Waals surface area contributed by atoms with Gasteiger partial charge in [-0.1, -0.05) is 20.8 Å². The van der Waals surface area contributed by atoms with E-state index in [1.165, 1.54) is 0 Å². The van der Waals surface area contributed by atoms with Gasteiger partial charge in [-0.05, 0) is 38.3 Å². The lowest BCUT2D eigenvalue weighted by atomic mass is 9.58. The van der Waals surface area contributed by atoms with E-state index in [0.29, 0.717) is 12.0 Å². The largest absolute Gasteiger partial charge is 0.381 e. The normalized spacial score (nSPS) is 29.6. The summed E-state index contributed by atoms with van der Waals surface area (Å²) >= 11 is 0. The van der Waals surface area contributed by atoms with E-state index in [2.05, 4.69) is 24.5 Å². The molecule has 1 aliphatic carbocycles. The van der Waals surface area contributed by atoms with Crippen LogP contribution in [0.3, 0.4) is 0 Å². The Morgan fingerprint density at radius 2 is 2.00 bits per heavy atom. The van der Waals surface area contributed by atoms with Crippen LogP contribution in [0.25, 0.3) is 0 Å². The summed E-state index contributed by atoms with van der Waals surface area (Å²) in [7, 11) is 1.78. The molecule has 1 saturated carbocycles. The van der Waals surface area contributed by atoms with Crippen LogP contribution in [0.4, 0.5) is 0 Å². The second-order valence-corrected chi connectivity index (χ2v) is 6.17. The Labute approximate surface area is 128 Å². The molecule has 2 N–H and O–H groups in total. The number of rotatable bonds is 6. The average molecular weight is 305 g/mol. The molecule has 0 radical (unpaired) electrons. The summed E-state index contributed by atoms with van der Waals surface area (Å²) in [5, 5.41) is 6.51. The highest BCUT2D eigenvalue weighted by atomic mass is 35.5. The molecule has 2 aliphatic rings. The Kier molecular flexibility index (Phi) is 6.29. The molecule has 0 spiro atoms. The molecule has 1 heterocycles. The van der Waals surface area contributed by atoms with Crippen molar-refractivity contribution in [3.63, 3.8) is 0 Å². The standard InChI is InChI=1S/C15H28N2O2.ClH/c1-5-15(6-2)12(7-13(15)19-4)17-14(18)10(3)11-8-16-9-11;/h10-13,16H,5-9H2,1-4H3,(H,17,18);1H. The number of carbonyl (C=O) groups is 1. The third-order valence-electron chi connectivity index (χ3n) is 5.64. The van der Waals surface area contributed by atoms with Crippen molar-refractivity contribution >= 4 is 18.3 Å². The van der Waals surface area contributed by atoms with E-state index in [0.717, 1.165) is 32.4 Å². The Morgan fingerprint density at radius 1 is 1.40 bits per heavy atom. The minimum atomic E-state index is 0. The first-order valence-corrected chi connectivity index (χ1v) is 7.62. The first-order chi connectivity index (χ1) is 9.08. The molecule has 4 nitrogen and oxygen atoms in total. The highest BCUT2D eigenvalue weighted by molar-refractivity contribution is 5.85. The number of hydrogen-bond donors (Lipinski definition) is 2. The van der Waals surface area contributed by atoms with Crippen molar-refractivity contribution in [3.05, 3.63) is 0 Å². The van der Waals surface area contributed by atoms with E-state index in [-0.39, 0.29) is 35.7 Å². The van der Waals surface area contributed by atoms with Crippen LogP contribution >= 0.6 is 12.4 Å². The minimum Gasteiger partial charge on any atom is -0.381 e. The molecular formula is C15H29ClN2O2. The number of hydrogen-bond acceptors (Lipinski definition) is 3. The van der Waals surface area contributed by atoms with Gasteiger partial charge in [0.05, 0.1) is 6.10 Å². The Hall–Kier alpha value is -0.320. The molecule has 3 atom stereocenters. The van der Waals surface area contributed by atoms with E-state index >= 15 is 0 Å². The molecule has 1 aliphatic heterocycles. The lowest BCUT2D eigenvalue weighted by molar-refractivity contribution is -0.145. The van der Waals surface area contributed by atoms with E-state index in [4.69, 9.17) is 4.74 Å². The van der Waals surface area contributed by atoms with E-state index in [1.807, 2.05) is 6.92 Å². The lowest BCUT2D eigenvalue weighted by Crippen LogP contribution is -2.65. The highest BCUT2D eigenvalue weighted by Crippen LogP contribution is 2.48. The van der Waals surface area contributed by atoms with Crippen LogP contribution in [-0.4, -0.2) is 38.3 Å². The van der Waals surface area contributed by atoms with Crippen molar-refractivity contribution in [1.29, 1.82) is 0 Å². The molecule has 0 aromatic heterocycles. The SMILES string of the molecule is CCC1(CC)C(NC(=O)C(C)C2CNC2)CC1OC.Cl. The monoisotopic (exact) mass is 304 g/mol. The third-order valence-corrected chi connectivity index (χ3v) is 5.64. The maximum absolute atomic E-state index is 12.3. The van der Waals surface area contributed by atoms with Crippen LogP contribution in [0.5, 0.6) is 0 Å². The van der Waals surface area contributed by atoms with Gasteiger partial charge in [0.1, 0.15) is 0 Å². The quantitative estimate of drug-likeness (QED) is 0.789. The minimum absolute atomic E-state index is 0. The Bertz CT molecular complexity index is 330. The van der Waals surface area contributed by atoms with E-state index < -0.39 is 0 Å². The predicted octanol–water partition coefficient (Wildman–Crippen LogP) is 1.97. The van der Waals surface area contributed by atoms with E-state index in [9.17, 15) is 4.79 Å². The number of nitrogens with one attached hydrogen (secondary N) is 2. The second-order valence-electron chi connectivity index (χ2n) is 6.17. The molecule has 118 valence electrons. The van der Waals surface area contributed by atoms with Gasteiger partial charge in [-0.15, -0.1) is 12.4 Å². The van der Waals surface area contributed by atoms with Crippen LogP contribution in [0.15, 0.2) is 0 Å². The van der Waals surface area contributed by atoms with Crippen molar-refractivity contribution in [2.75, 3.05) is 20.2 Å². The molecule has 2 fully saturated rings. The van der Waals surface area contributed by atoms with Crippen LogP contribution in [0, 0.1) is 17.3 Å². The summed E-state index contributed by atoms with van der Waals surface area (Å²) in [6.07, 6.45) is 3.38. The van der Waals surface area contributed by atoms with Crippen molar-refractivity contribution in [3.8, 4) is 0 Å². The van der Waals surface area contributed by atoms with Gasteiger partial charge in [0, 0.05) is 24.5 Å². The third kappa shape index (κ3) is 2.83. The number of carbonyl (C=O) groups excluding carboxylic acids is 1. The summed E-state index contributed by atoms with van der Waals surface area (Å²) in [6, 6.07) is 0.287. The number of methoxy groups -OCH3 is 1. The molecule has 20 heavy (non-hydrogen) atoms. The fraction of sp³-hybridized carbons (Fsp3) is 0.933. The number of ether oxygens (including phenoxy) is 1. The Morgan fingerprint density at radius 3 is 2.40 bits per heavy atom. The van der Waals surface area contributed by atoms with Gasteiger partial charge in [0.15, 0.2) is 0 Å². The molecular weight excluding hydrogens is 276 g/mol. The van der Waals surface area contributed by atoms with Gasteiger partial charge in [-0.2, -0.15) is 0 Å². The summed E-state index contributed by atoms with van der Waals surface area (Å²) in [6.45, 7) is 8.41. The van der Waals surface area contributed by atoms with Crippen LogP contribution in [0.2, 0.25) is 0 Å². The van der Waals surface area contributed by atoms with Crippen molar-refractivity contribution < 1.29 is 9.53 Å². The fourth-order valence-corrected chi connectivity index (χ4v) is 3.66. The molecule has 1 amide bonds. The maximum atomic E-state index is 12.3. The molecule has 0 aromatic carbocycles. The smallest absolute Gasteiger partial charge is 0.223 e. The zero-order valence-corrected chi connectivity index (χ0v) is 13.9. The van der Waals surface area contributed by atoms with Crippen LogP contribution in [-0.2, 0) is 9.53 Å². The topological polar surface area (TPSA) is 50.4 Å². The molecule has 0 aromatic rings. The van der Waals surface area contributed by atoms with E-state index in [1.54, 1.807) is 7.11 Å². The summed E-state index contributed by atoms with van der Waals surface area (Å²) in [5.74, 6) is 0.850. The molecule has 5 heteroatoms. The predicted molar refractivity (Wildman–Crippen MR) is 83.1 cm³/mol. The average Bonchev–Trinajstić information content (AvgIpc) is 2.33. The molecule has 3 unspecified atom stereocenters. The summed E-state index contributed by atoms with van der Waals surface area (Å²) in [5.41, 5.74) is 0.141. The zero-order chi connectivity index (χ0) is 14.0. The number of halogens is 1. The van der Waals surface area contributed by atoms with Crippen LogP contribution < -0.4 is 10.6 Å². The van der Waals surface area contributed by atoms with Crippen LogP contribution in [0.1, 0.15) is 40.0 Å². The number of amides is 1. The van der Waals surface area contributed by atoms with Gasteiger partial charge in [-0.3, -0.25) is 4.79 Å². The van der Waals surface area contributed by atoms with Crippen molar-refractivity contribution in [2.24, 2.45) is 17.3 Å². The molecule has 2 rings (SSSR count). The second kappa shape index (κ2) is 7.10. The molecule has 1 saturated heterocycles. The summed E-state index contributed by atoms with van der Waals surface area (Å²) in [4.78, 5) is 12.3. The first-order valence-electron chi connectivity index (χ1n) is 7.62. The van der Waals surface area contributed by atoms with Gasteiger partial charge in [-0.25, -0.2) is 0 Å². The Balaban J connectivity index is 0.00000200. The highest BCUT2D eigenvalue weighted by Gasteiger charge is 2.53. The fourth-order valence-electron chi connectivity index (χ4n) is 3.66. The van der Waals surface area contributed by atoms with Gasteiger partial charge in [0.25, 0.3) is 0 Å². The first kappa shape index (κ1) is 17.7. The zero-order valence-electron chi connectivity index (χ0n) is 13.1. The summed E-state index contributed by atoms with van der Waals surface area (Å²) < 4.78 is 5.57. The van der Waals surface area contributed by atoms with Gasteiger partial charge < -0.3 is 15.4 Å².